The van der Waals surface area contributed by atoms with Crippen molar-refractivity contribution in [3.8, 4) is 44.9 Å². The molecule has 1 aromatic heterocycles. The Balaban J connectivity index is 1.48. The van der Waals surface area contributed by atoms with E-state index in [2.05, 4.69) is 147 Å². The normalized spacial score (nSPS) is 13.3. The highest BCUT2D eigenvalue weighted by Gasteiger charge is 2.40. The maximum absolute atomic E-state index is 5.43. The topological polar surface area (TPSA) is 25.8 Å². The number of hydrogen-bond donors (Lipinski definition) is 0. The lowest BCUT2D eigenvalue weighted by Gasteiger charge is -2.21. The molecule has 1 heterocycles. The van der Waals surface area contributed by atoms with Gasteiger partial charge < -0.3 is 0 Å². The molecule has 0 amide bonds. The molecule has 0 saturated carbocycles. The van der Waals surface area contributed by atoms with Crippen LogP contribution in [0.15, 0.2) is 133 Å². The Morgan fingerprint density at radius 1 is 0.488 bits per heavy atom. The summed E-state index contributed by atoms with van der Waals surface area (Å²) in [4.78, 5) is 10.8. The van der Waals surface area contributed by atoms with E-state index < -0.39 is 0 Å². The zero-order chi connectivity index (χ0) is 27.6. The van der Waals surface area contributed by atoms with Crippen LogP contribution in [0.4, 0.5) is 0 Å². The van der Waals surface area contributed by atoms with Crippen LogP contribution in [-0.2, 0) is 5.41 Å². The second-order valence-electron chi connectivity index (χ2n) is 11.4. The lowest BCUT2D eigenvalue weighted by molar-refractivity contribution is 0.636. The Hall–Kier alpha value is -5.08. The van der Waals surface area contributed by atoms with E-state index in [1.54, 1.807) is 0 Å². The van der Waals surface area contributed by atoms with Crippen LogP contribution in [-0.4, -0.2) is 9.97 Å². The first-order valence-corrected chi connectivity index (χ1v) is 14.2. The van der Waals surface area contributed by atoms with Gasteiger partial charge in [0.25, 0.3) is 0 Å². The Kier molecular flexibility index (Phi) is 5.20. The molecule has 1 aliphatic rings. The van der Waals surface area contributed by atoms with Crippen LogP contribution in [0.3, 0.4) is 0 Å². The van der Waals surface area contributed by atoms with Crippen LogP contribution in [0.5, 0.6) is 0 Å². The molecule has 1 aliphatic carbocycles. The van der Waals surface area contributed by atoms with Crippen molar-refractivity contribution in [2.45, 2.75) is 19.3 Å². The second-order valence-corrected chi connectivity index (χ2v) is 11.4. The molecule has 7 aromatic rings. The fourth-order valence-electron chi connectivity index (χ4n) is 6.57. The highest BCUT2D eigenvalue weighted by atomic mass is 14.9. The smallest absolute Gasteiger partial charge is 0.160 e. The standard InChI is InChI=1S/C39H28N2/c1-39(2)33-23-22-27-15-7-9-20-31(27)34(33)35-36(29-18-10-17-28(24-29)25-12-4-3-5-13-25)40-38(41-37(35)39)32-21-11-16-26-14-6-8-19-30(26)32/h3-24H,1-2H3. The van der Waals surface area contributed by atoms with Gasteiger partial charge in [0.05, 0.1) is 11.4 Å². The number of benzene rings is 6. The number of rotatable bonds is 3. The lowest BCUT2D eigenvalue weighted by Crippen LogP contribution is -2.17. The number of fused-ring (bicyclic) bond motifs is 6. The fourth-order valence-corrected chi connectivity index (χ4v) is 6.57. The van der Waals surface area contributed by atoms with Crippen LogP contribution < -0.4 is 0 Å². The molecule has 0 N–H and O–H groups in total. The molecule has 6 aromatic carbocycles. The van der Waals surface area contributed by atoms with E-state index in [0.717, 1.165) is 39.3 Å². The van der Waals surface area contributed by atoms with E-state index in [4.69, 9.17) is 9.97 Å². The van der Waals surface area contributed by atoms with Crippen molar-refractivity contribution >= 4 is 21.5 Å². The van der Waals surface area contributed by atoms with Gasteiger partial charge in [0.1, 0.15) is 0 Å². The highest BCUT2D eigenvalue weighted by molar-refractivity contribution is 6.06. The van der Waals surface area contributed by atoms with Crippen molar-refractivity contribution in [2.24, 2.45) is 0 Å². The molecule has 0 saturated heterocycles. The average Bonchev–Trinajstić information content (AvgIpc) is 3.27. The van der Waals surface area contributed by atoms with Gasteiger partial charge in [-0.05, 0) is 49.9 Å². The van der Waals surface area contributed by atoms with Gasteiger partial charge in [0, 0.05) is 22.1 Å². The molecule has 2 heteroatoms. The first-order chi connectivity index (χ1) is 20.1. The van der Waals surface area contributed by atoms with Crippen molar-refractivity contribution in [1.29, 1.82) is 0 Å². The van der Waals surface area contributed by atoms with E-state index in [9.17, 15) is 0 Å². The van der Waals surface area contributed by atoms with Crippen molar-refractivity contribution < 1.29 is 0 Å². The summed E-state index contributed by atoms with van der Waals surface area (Å²) in [5, 5.41) is 4.84. The minimum atomic E-state index is -0.275. The number of nitrogens with zero attached hydrogens (tertiary/aromatic N) is 2. The molecule has 0 bridgehead atoms. The quantitative estimate of drug-likeness (QED) is 0.230. The molecular formula is C39H28N2. The molecule has 0 fully saturated rings. The zero-order valence-corrected chi connectivity index (χ0v) is 23.1. The van der Waals surface area contributed by atoms with E-state index in [1.807, 2.05) is 0 Å². The summed E-state index contributed by atoms with van der Waals surface area (Å²) in [6.07, 6.45) is 0. The van der Waals surface area contributed by atoms with Gasteiger partial charge in [-0.15, -0.1) is 0 Å². The molecule has 0 atom stereocenters. The predicted molar refractivity (Wildman–Crippen MR) is 171 cm³/mol. The Labute approximate surface area is 240 Å². The average molecular weight is 525 g/mol. The first kappa shape index (κ1) is 23.8. The summed E-state index contributed by atoms with van der Waals surface area (Å²) in [7, 11) is 0. The second kappa shape index (κ2) is 8.97. The van der Waals surface area contributed by atoms with E-state index in [0.29, 0.717) is 0 Å². The van der Waals surface area contributed by atoms with Gasteiger partial charge in [-0.1, -0.05) is 141 Å². The summed E-state index contributed by atoms with van der Waals surface area (Å²) in [5.74, 6) is 0.769. The SMILES string of the molecule is CC1(C)c2ccc3ccccc3c2-c2c(-c3cccc(-c4ccccc4)c3)nc(-c3cccc4ccccc34)nc21. The Morgan fingerprint density at radius 3 is 1.95 bits per heavy atom. The first-order valence-electron chi connectivity index (χ1n) is 14.2. The Bertz CT molecular complexity index is 2120. The zero-order valence-electron chi connectivity index (χ0n) is 23.1. The Morgan fingerprint density at radius 2 is 1.12 bits per heavy atom. The van der Waals surface area contributed by atoms with Gasteiger partial charge in [-0.2, -0.15) is 0 Å². The minimum Gasteiger partial charge on any atom is -0.231 e. The third kappa shape index (κ3) is 3.64. The molecule has 2 nitrogen and oxygen atoms in total. The summed E-state index contributed by atoms with van der Waals surface area (Å²) in [6.45, 7) is 4.60. The van der Waals surface area contributed by atoms with Gasteiger partial charge in [0.15, 0.2) is 5.82 Å². The minimum absolute atomic E-state index is 0.275. The number of aromatic nitrogens is 2. The number of hydrogen-bond acceptors (Lipinski definition) is 2. The third-order valence-corrected chi connectivity index (χ3v) is 8.63. The molecule has 0 radical (unpaired) electrons. The maximum Gasteiger partial charge on any atom is 0.160 e. The molecule has 41 heavy (non-hydrogen) atoms. The van der Waals surface area contributed by atoms with Crippen LogP contribution in [0.25, 0.3) is 66.4 Å². The molecule has 0 unspecified atom stereocenters. The fraction of sp³-hybridized carbons (Fsp3) is 0.0769. The largest absolute Gasteiger partial charge is 0.231 e. The third-order valence-electron chi connectivity index (χ3n) is 8.63. The lowest BCUT2D eigenvalue weighted by atomic mass is 9.84. The summed E-state index contributed by atoms with van der Waals surface area (Å²) in [5.41, 5.74) is 10.0. The van der Waals surface area contributed by atoms with Gasteiger partial charge in [-0.3, -0.25) is 0 Å². The predicted octanol–water partition coefficient (Wildman–Crippen LogP) is 10.1. The monoisotopic (exact) mass is 524 g/mol. The van der Waals surface area contributed by atoms with E-state index in [-0.39, 0.29) is 5.41 Å². The maximum atomic E-state index is 5.43. The van der Waals surface area contributed by atoms with Crippen LogP contribution >= 0.6 is 0 Å². The van der Waals surface area contributed by atoms with Crippen LogP contribution in [0.2, 0.25) is 0 Å². The highest BCUT2D eigenvalue weighted by Crippen LogP contribution is 2.54. The van der Waals surface area contributed by atoms with Crippen molar-refractivity contribution in [1.82, 2.24) is 9.97 Å². The van der Waals surface area contributed by atoms with Crippen LogP contribution in [0.1, 0.15) is 25.1 Å². The van der Waals surface area contributed by atoms with Gasteiger partial charge >= 0.3 is 0 Å². The molecule has 8 rings (SSSR count). The van der Waals surface area contributed by atoms with Crippen LogP contribution in [0, 0.1) is 0 Å². The van der Waals surface area contributed by atoms with E-state index >= 15 is 0 Å². The molecule has 0 spiro atoms. The summed E-state index contributed by atoms with van der Waals surface area (Å²) >= 11 is 0. The molecule has 0 aliphatic heterocycles. The van der Waals surface area contributed by atoms with Crippen molar-refractivity contribution in [2.75, 3.05) is 0 Å². The van der Waals surface area contributed by atoms with Crippen molar-refractivity contribution in [3.05, 3.63) is 145 Å². The van der Waals surface area contributed by atoms with Gasteiger partial charge in [-0.25, -0.2) is 9.97 Å². The van der Waals surface area contributed by atoms with E-state index in [1.165, 1.54) is 38.4 Å². The summed E-state index contributed by atoms with van der Waals surface area (Å²) in [6, 6.07) is 47.5. The van der Waals surface area contributed by atoms with Crippen molar-refractivity contribution in [3.63, 3.8) is 0 Å². The molecular weight excluding hydrogens is 496 g/mol. The van der Waals surface area contributed by atoms with Gasteiger partial charge in [0.2, 0.25) is 0 Å². The summed E-state index contributed by atoms with van der Waals surface area (Å²) < 4.78 is 0. The molecule has 194 valence electrons.